The van der Waals surface area contributed by atoms with Crippen molar-refractivity contribution in [2.24, 2.45) is 17.6 Å². The molecule has 18 nitrogen and oxygen atoms in total. The lowest BCUT2D eigenvalue weighted by Gasteiger charge is -2.36. The Hall–Kier alpha value is -6.56. The zero-order valence-electron chi connectivity index (χ0n) is 36.1. The number of fused-ring (bicyclic) bond motifs is 6. The van der Waals surface area contributed by atoms with Gasteiger partial charge in [0.05, 0.1) is 13.1 Å². The fourth-order valence-electron chi connectivity index (χ4n) is 8.56. The smallest absolute Gasteiger partial charge is 0.486 e. The summed E-state index contributed by atoms with van der Waals surface area (Å²) in [5, 5.41) is 33.4. The van der Waals surface area contributed by atoms with Crippen molar-refractivity contribution >= 4 is 34.3 Å². The van der Waals surface area contributed by atoms with Crippen LogP contribution in [0.1, 0.15) is 25.7 Å². The van der Waals surface area contributed by atoms with Crippen molar-refractivity contribution in [3.05, 3.63) is 48.5 Å². The summed E-state index contributed by atoms with van der Waals surface area (Å²) >= 11 is 0. The number of halogens is 6. The Balaban J connectivity index is 0.000000166. The standard InChI is InChI=1S/2C21H24F3N7O2/c1-30-9-10-32-17-16(30)18(26-12-13-5-7-25-8-6-13)29-31-19(27-28-20(17)31)14-3-2-4-15(11-14)33-21(22,23)24;1-29-9-10-32-17-16(29)19(30-7-5-13(12-25)6-8-30)28-31-18(26-27-20(17)31)14-3-2-4-15(11-14)33-21(22,23)24/h2-4,11,13,25H,5-10,12H2,1H3,(H,26,29);2-4,11,13H,5-10,12,25H2,1H3. The van der Waals surface area contributed by atoms with E-state index in [2.05, 4.69) is 55.2 Å². The van der Waals surface area contributed by atoms with E-state index < -0.39 is 12.7 Å². The summed E-state index contributed by atoms with van der Waals surface area (Å²) in [5.41, 5.74) is 9.10. The van der Waals surface area contributed by atoms with Crippen LogP contribution in [-0.4, -0.2) is 132 Å². The molecule has 4 aromatic heterocycles. The number of anilines is 4. The van der Waals surface area contributed by atoms with E-state index in [-0.39, 0.29) is 11.5 Å². The number of rotatable bonds is 9. The second-order valence-corrected chi connectivity index (χ2v) is 16.5. The molecule has 2 aromatic carbocycles. The quantitative estimate of drug-likeness (QED) is 0.152. The summed E-state index contributed by atoms with van der Waals surface area (Å²) in [7, 11) is 3.94. The first-order valence-electron chi connectivity index (χ1n) is 21.6. The van der Waals surface area contributed by atoms with Crippen molar-refractivity contribution < 1.29 is 45.3 Å². The van der Waals surface area contributed by atoms with E-state index in [4.69, 9.17) is 25.4 Å². The first-order valence-corrected chi connectivity index (χ1v) is 21.6. The minimum Gasteiger partial charge on any atom is -0.486 e. The third-order valence-electron chi connectivity index (χ3n) is 12.0. The molecule has 24 heteroatoms. The minimum atomic E-state index is -4.79. The van der Waals surface area contributed by atoms with Crippen LogP contribution in [0.15, 0.2) is 48.5 Å². The highest BCUT2D eigenvalue weighted by molar-refractivity contribution is 5.83. The molecule has 2 fully saturated rings. The van der Waals surface area contributed by atoms with Gasteiger partial charge in [0.15, 0.2) is 34.8 Å². The van der Waals surface area contributed by atoms with Crippen molar-refractivity contribution in [2.45, 2.75) is 38.4 Å². The van der Waals surface area contributed by atoms with Gasteiger partial charge in [0, 0.05) is 44.9 Å². The third kappa shape index (κ3) is 9.55. The van der Waals surface area contributed by atoms with Crippen LogP contribution in [0.2, 0.25) is 0 Å². The van der Waals surface area contributed by atoms with E-state index in [0.717, 1.165) is 75.6 Å². The average molecular weight is 927 g/mol. The van der Waals surface area contributed by atoms with Crippen LogP contribution in [0.25, 0.3) is 34.1 Å². The van der Waals surface area contributed by atoms with E-state index in [0.29, 0.717) is 96.1 Å². The molecule has 0 saturated carbocycles. The molecule has 4 aliphatic rings. The SMILES string of the molecule is CN1CCOc2c1c(N1CCC(CN)CC1)nn1c(-c3cccc(OC(F)(F)F)c3)nnc21.CN1CCOc2c1c(NCC1CCNCC1)nn1c(-c3cccc(OC(F)(F)F)c3)nnc21. The summed E-state index contributed by atoms with van der Waals surface area (Å²) in [5.74, 6) is 3.40. The number of alkyl halides is 6. The predicted octanol–water partition coefficient (Wildman–Crippen LogP) is 5.62. The zero-order chi connectivity index (χ0) is 46.2. The summed E-state index contributed by atoms with van der Waals surface area (Å²) < 4.78 is 99.3. The molecule has 0 aliphatic carbocycles. The van der Waals surface area contributed by atoms with E-state index in [1.165, 1.54) is 45.4 Å². The molecule has 0 atom stereocenters. The third-order valence-corrected chi connectivity index (χ3v) is 12.0. The fraction of sp³-hybridized carbons (Fsp3) is 0.476. The molecule has 4 aliphatic heterocycles. The van der Waals surface area contributed by atoms with Crippen molar-refractivity contribution in [1.29, 1.82) is 0 Å². The van der Waals surface area contributed by atoms with Crippen LogP contribution in [0, 0.1) is 11.8 Å². The van der Waals surface area contributed by atoms with Crippen molar-refractivity contribution in [3.63, 3.8) is 0 Å². The number of nitrogens with one attached hydrogen (secondary N) is 2. The maximum atomic E-state index is 12.7. The van der Waals surface area contributed by atoms with Gasteiger partial charge in [-0.3, -0.25) is 0 Å². The van der Waals surface area contributed by atoms with Crippen LogP contribution < -0.4 is 50.0 Å². The molecule has 0 bridgehead atoms. The van der Waals surface area contributed by atoms with Crippen LogP contribution in [0.5, 0.6) is 23.0 Å². The predicted molar refractivity (Wildman–Crippen MR) is 231 cm³/mol. The van der Waals surface area contributed by atoms with Crippen molar-refractivity contribution in [3.8, 4) is 45.8 Å². The monoisotopic (exact) mass is 926 g/mol. The number of benzene rings is 2. The number of nitrogens with zero attached hydrogens (tertiary/aromatic N) is 11. The highest BCUT2D eigenvalue weighted by Gasteiger charge is 2.34. The van der Waals surface area contributed by atoms with Gasteiger partial charge in [-0.1, -0.05) is 24.3 Å². The highest BCUT2D eigenvalue weighted by atomic mass is 19.4. The van der Waals surface area contributed by atoms with Gasteiger partial charge in [-0.05, 0) is 81.4 Å². The van der Waals surface area contributed by atoms with Gasteiger partial charge in [-0.2, -0.15) is 9.03 Å². The normalized spacial score (nSPS) is 17.1. The maximum absolute atomic E-state index is 12.7. The van der Waals surface area contributed by atoms with E-state index >= 15 is 0 Å². The van der Waals surface area contributed by atoms with Crippen LogP contribution >= 0.6 is 0 Å². The number of hydrogen-bond donors (Lipinski definition) is 3. The molecule has 0 radical (unpaired) electrons. The van der Waals surface area contributed by atoms with Crippen LogP contribution in [-0.2, 0) is 0 Å². The first kappa shape index (κ1) is 44.6. The Morgan fingerprint density at radius 2 is 1.23 bits per heavy atom. The minimum absolute atomic E-state index is 0.294. The van der Waals surface area contributed by atoms with Gasteiger partial charge in [0.1, 0.15) is 36.1 Å². The van der Waals surface area contributed by atoms with Crippen LogP contribution in [0.3, 0.4) is 0 Å². The van der Waals surface area contributed by atoms with Crippen molar-refractivity contribution in [2.75, 3.05) is 99.7 Å². The molecular weight excluding hydrogens is 879 g/mol. The second kappa shape index (κ2) is 18.4. The zero-order valence-corrected chi connectivity index (χ0v) is 36.1. The molecule has 8 heterocycles. The van der Waals surface area contributed by atoms with Gasteiger partial charge >= 0.3 is 12.7 Å². The molecule has 6 aromatic rings. The lowest BCUT2D eigenvalue weighted by molar-refractivity contribution is -0.275. The van der Waals surface area contributed by atoms with E-state index in [9.17, 15) is 26.3 Å². The Morgan fingerprint density at radius 1 is 0.697 bits per heavy atom. The second-order valence-electron chi connectivity index (χ2n) is 16.5. The first-order chi connectivity index (χ1) is 31.7. The summed E-state index contributed by atoms with van der Waals surface area (Å²) in [4.78, 5) is 6.34. The molecule has 4 N–H and O–H groups in total. The highest BCUT2D eigenvalue weighted by Crippen LogP contribution is 2.44. The Bertz CT molecular complexity index is 2660. The molecule has 0 spiro atoms. The number of ether oxygens (including phenoxy) is 4. The Kier molecular flexibility index (Phi) is 12.4. The molecular formula is C42H48F6N14O4. The number of likely N-dealkylation sites (N-methyl/N-ethyl adjacent to an activating group) is 2. The lowest BCUT2D eigenvalue weighted by Crippen LogP contribution is -2.39. The lowest BCUT2D eigenvalue weighted by atomic mass is 9.97. The summed E-state index contributed by atoms with van der Waals surface area (Å²) in [6, 6.07) is 11.2. The van der Waals surface area contributed by atoms with E-state index in [1.54, 1.807) is 12.1 Å². The average Bonchev–Trinajstić information content (AvgIpc) is 3.93. The maximum Gasteiger partial charge on any atom is 0.573 e. The molecule has 352 valence electrons. The van der Waals surface area contributed by atoms with Gasteiger partial charge in [0.2, 0.25) is 11.3 Å². The fourth-order valence-corrected chi connectivity index (χ4v) is 8.56. The molecule has 0 amide bonds. The molecule has 66 heavy (non-hydrogen) atoms. The van der Waals surface area contributed by atoms with Gasteiger partial charge in [-0.15, -0.1) is 56.9 Å². The van der Waals surface area contributed by atoms with Gasteiger partial charge < -0.3 is 50.0 Å². The number of piperidine rings is 2. The topological polar surface area (TPSA) is 183 Å². The van der Waals surface area contributed by atoms with Crippen LogP contribution in [0.4, 0.5) is 49.4 Å². The van der Waals surface area contributed by atoms with Gasteiger partial charge in [-0.25, -0.2) is 0 Å². The summed E-state index contributed by atoms with van der Waals surface area (Å²) in [6.07, 6.45) is -5.50. The van der Waals surface area contributed by atoms with Crippen molar-refractivity contribution in [1.82, 2.24) is 44.9 Å². The van der Waals surface area contributed by atoms with Gasteiger partial charge in [0.25, 0.3) is 0 Å². The molecule has 0 unspecified atom stereocenters. The Morgan fingerprint density at radius 3 is 1.77 bits per heavy atom. The number of nitrogens with two attached hydrogens (primary N) is 1. The molecule has 10 rings (SSSR count). The number of aromatic nitrogens is 8. The largest absolute Gasteiger partial charge is 0.573 e. The Labute approximate surface area is 373 Å². The number of hydrogen-bond acceptors (Lipinski definition) is 16. The summed E-state index contributed by atoms with van der Waals surface area (Å²) in [6.45, 7) is 7.36. The molecule has 2 saturated heterocycles. The van der Waals surface area contributed by atoms with E-state index in [1.807, 2.05) is 14.1 Å².